The Balaban J connectivity index is 2.22. The largest absolute Gasteiger partial charge is 0.492 e. The maximum Gasteiger partial charge on any atom is 0.133 e. The third-order valence-corrected chi connectivity index (χ3v) is 3.69. The lowest BCUT2D eigenvalue weighted by Gasteiger charge is -2.14. The second-order valence-electron chi connectivity index (χ2n) is 5.49. The van der Waals surface area contributed by atoms with E-state index in [9.17, 15) is 0 Å². The smallest absolute Gasteiger partial charge is 0.133 e. The van der Waals surface area contributed by atoms with Crippen LogP contribution in [0.5, 0.6) is 5.75 Å². The Kier molecular flexibility index (Phi) is 3.08. The van der Waals surface area contributed by atoms with Gasteiger partial charge in [-0.15, -0.1) is 0 Å². The number of nitrogens with two attached hydrogens (primary N) is 1. The molecule has 2 heterocycles. The normalized spacial score (nSPS) is 13.4. The standard InChI is InChI=1S/C16H19N3O/c1-9(2)16-18-13(10(3)15(17)19-16)12-6-4-5-11-7-8-20-14(11)12/h4-6,9H,7-8H2,1-3H3,(H2,17,18,19). The van der Waals surface area contributed by atoms with Crippen LogP contribution in [0.25, 0.3) is 11.3 Å². The molecule has 4 nitrogen and oxygen atoms in total. The molecule has 0 unspecified atom stereocenters. The third-order valence-electron chi connectivity index (χ3n) is 3.69. The zero-order valence-corrected chi connectivity index (χ0v) is 12.1. The number of anilines is 1. The van der Waals surface area contributed by atoms with Crippen molar-refractivity contribution in [3.63, 3.8) is 0 Å². The summed E-state index contributed by atoms with van der Waals surface area (Å²) < 4.78 is 5.78. The molecule has 0 amide bonds. The highest BCUT2D eigenvalue weighted by molar-refractivity contribution is 5.74. The Hall–Kier alpha value is -2.10. The van der Waals surface area contributed by atoms with E-state index < -0.39 is 0 Å². The lowest BCUT2D eigenvalue weighted by Crippen LogP contribution is -2.06. The number of fused-ring (bicyclic) bond motifs is 1. The van der Waals surface area contributed by atoms with E-state index in [0.29, 0.717) is 5.82 Å². The van der Waals surface area contributed by atoms with E-state index in [1.807, 2.05) is 13.0 Å². The summed E-state index contributed by atoms with van der Waals surface area (Å²) in [5.74, 6) is 2.52. The molecular weight excluding hydrogens is 250 g/mol. The fourth-order valence-corrected chi connectivity index (χ4v) is 2.47. The predicted octanol–water partition coefficient (Wildman–Crippen LogP) is 3.09. The first-order valence-electron chi connectivity index (χ1n) is 6.97. The van der Waals surface area contributed by atoms with Crippen molar-refractivity contribution in [1.29, 1.82) is 0 Å². The number of ether oxygens (including phenoxy) is 1. The van der Waals surface area contributed by atoms with Gasteiger partial charge in [0.15, 0.2) is 0 Å². The van der Waals surface area contributed by atoms with Gasteiger partial charge < -0.3 is 10.5 Å². The van der Waals surface area contributed by atoms with E-state index in [1.165, 1.54) is 5.56 Å². The Morgan fingerprint density at radius 3 is 2.80 bits per heavy atom. The van der Waals surface area contributed by atoms with Crippen LogP contribution in [0, 0.1) is 6.92 Å². The summed E-state index contributed by atoms with van der Waals surface area (Å²) in [5.41, 5.74) is 10.1. The predicted molar refractivity (Wildman–Crippen MR) is 79.9 cm³/mol. The molecule has 4 heteroatoms. The van der Waals surface area contributed by atoms with E-state index in [4.69, 9.17) is 15.5 Å². The van der Waals surface area contributed by atoms with Gasteiger partial charge in [-0.3, -0.25) is 0 Å². The molecule has 0 fully saturated rings. The summed E-state index contributed by atoms with van der Waals surface area (Å²) in [6.45, 7) is 6.84. The van der Waals surface area contributed by atoms with Crippen LogP contribution in [-0.2, 0) is 6.42 Å². The van der Waals surface area contributed by atoms with E-state index in [1.54, 1.807) is 0 Å². The number of para-hydroxylation sites is 1. The van der Waals surface area contributed by atoms with E-state index in [-0.39, 0.29) is 5.92 Å². The van der Waals surface area contributed by atoms with Crippen LogP contribution in [0.2, 0.25) is 0 Å². The average Bonchev–Trinajstić information content (AvgIpc) is 2.89. The van der Waals surface area contributed by atoms with E-state index in [2.05, 4.69) is 31.0 Å². The Morgan fingerprint density at radius 1 is 1.25 bits per heavy atom. The SMILES string of the molecule is Cc1c(N)nc(C(C)C)nc1-c1cccc2c1OCC2. The van der Waals surface area contributed by atoms with Gasteiger partial charge in [0.25, 0.3) is 0 Å². The molecule has 104 valence electrons. The molecule has 1 aliphatic rings. The first-order chi connectivity index (χ1) is 9.58. The highest BCUT2D eigenvalue weighted by atomic mass is 16.5. The summed E-state index contributed by atoms with van der Waals surface area (Å²) >= 11 is 0. The van der Waals surface area contributed by atoms with E-state index in [0.717, 1.165) is 41.4 Å². The summed E-state index contributed by atoms with van der Waals surface area (Å²) in [7, 11) is 0. The number of hydrogen-bond donors (Lipinski definition) is 1. The molecule has 0 spiro atoms. The average molecular weight is 269 g/mol. The molecule has 3 rings (SSSR count). The number of rotatable bonds is 2. The van der Waals surface area contributed by atoms with Crippen LogP contribution in [-0.4, -0.2) is 16.6 Å². The Morgan fingerprint density at radius 2 is 2.05 bits per heavy atom. The molecule has 0 aliphatic carbocycles. The molecule has 1 aromatic heterocycles. The lowest BCUT2D eigenvalue weighted by atomic mass is 10.0. The zero-order chi connectivity index (χ0) is 14.3. The maximum absolute atomic E-state index is 6.05. The first-order valence-corrected chi connectivity index (χ1v) is 6.97. The van der Waals surface area contributed by atoms with Gasteiger partial charge >= 0.3 is 0 Å². The molecule has 1 aromatic carbocycles. The van der Waals surface area contributed by atoms with Crippen molar-refractivity contribution in [2.45, 2.75) is 33.1 Å². The van der Waals surface area contributed by atoms with Gasteiger partial charge in [0.05, 0.1) is 12.3 Å². The number of aromatic nitrogens is 2. The maximum atomic E-state index is 6.05. The molecule has 1 aliphatic heterocycles. The van der Waals surface area contributed by atoms with Crippen molar-refractivity contribution in [2.75, 3.05) is 12.3 Å². The Bertz CT molecular complexity index is 665. The minimum atomic E-state index is 0.245. The molecule has 2 N–H and O–H groups in total. The third kappa shape index (κ3) is 2.01. The number of hydrogen-bond acceptors (Lipinski definition) is 4. The molecule has 0 saturated carbocycles. The van der Waals surface area contributed by atoms with Gasteiger partial charge in [0.1, 0.15) is 17.4 Å². The zero-order valence-electron chi connectivity index (χ0n) is 12.1. The number of nitrogen functional groups attached to an aromatic ring is 1. The number of benzene rings is 1. The van der Waals surface area contributed by atoms with E-state index >= 15 is 0 Å². The summed E-state index contributed by atoms with van der Waals surface area (Å²) in [5, 5.41) is 0. The monoisotopic (exact) mass is 269 g/mol. The fourth-order valence-electron chi connectivity index (χ4n) is 2.47. The second kappa shape index (κ2) is 4.78. The highest BCUT2D eigenvalue weighted by Crippen LogP contribution is 2.38. The van der Waals surface area contributed by atoms with Crippen LogP contribution in [0.4, 0.5) is 5.82 Å². The van der Waals surface area contributed by atoms with Gasteiger partial charge in [-0.2, -0.15) is 0 Å². The van der Waals surface area contributed by atoms with Crippen LogP contribution < -0.4 is 10.5 Å². The van der Waals surface area contributed by atoms with Gasteiger partial charge in [-0.05, 0) is 18.6 Å². The van der Waals surface area contributed by atoms with Gasteiger partial charge in [0, 0.05) is 23.5 Å². The minimum absolute atomic E-state index is 0.245. The van der Waals surface area contributed by atoms with Gasteiger partial charge in [0.2, 0.25) is 0 Å². The molecule has 20 heavy (non-hydrogen) atoms. The van der Waals surface area contributed by atoms with Crippen LogP contribution in [0.1, 0.15) is 36.7 Å². The Labute approximate surface area is 119 Å². The van der Waals surface area contributed by atoms with Crippen molar-refractivity contribution >= 4 is 5.82 Å². The molecular formula is C16H19N3O. The van der Waals surface area contributed by atoms with Crippen LogP contribution in [0.15, 0.2) is 18.2 Å². The second-order valence-corrected chi connectivity index (χ2v) is 5.49. The summed E-state index contributed by atoms with van der Waals surface area (Å²) in [4.78, 5) is 9.09. The number of nitrogens with zero attached hydrogens (tertiary/aromatic N) is 2. The van der Waals surface area contributed by atoms with Crippen LogP contribution in [0.3, 0.4) is 0 Å². The molecule has 0 saturated heterocycles. The van der Waals surface area contributed by atoms with Crippen molar-refractivity contribution in [2.24, 2.45) is 0 Å². The first kappa shape index (κ1) is 12.9. The fraction of sp³-hybridized carbons (Fsp3) is 0.375. The minimum Gasteiger partial charge on any atom is -0.492 e. The van der Waals surface area contributed by atoms with Gasteiger partial charge in [-0.25, -0.2) is 9.97 Å². The van der Waals surface area contributed by atoms with Crippen molar-refractivity contribution in [3.8, 4) is 17.0 Å². The van der Waals surface area contributed by atoms with Gasteiger partial charge in [-0.1, -0.05) is 26.0 Å². The molecule has 0 atom stereocenters. The summed E-state index contributed by atoms with van der Waals surface area (Å²) in [6, 6.07) is 6.20. The quantitative estimate of drug-likeness (QED) is 0.910. The molecule has 0 bridgehead atoms. The summed E-state index contributed by atoms with van der Waals surface area (Å²) in [6.07, 6.45) is 0.958. The van der Waals surface area contributed by atoms with Crippen LogP contribution >= 0.6 is 0 Å². The van der Waals surface area contributed by atoms with Crippen molar-refractivity contribution < 1.29 is 4.74 Å². The topological polar surface area (TPSA) is 61.0 Å². The lowest BCUT2D eigenvalue weighted by molar-refractivity contribution is 0.358. The molecule has 0 radical (unpaired) electrons. The van der Waals surface area contributed by atoms with Crippen molar-refractivity contribution in [1.82, 2.24) is 9.97 Å². The molecule has 2 aromatic rings. The highest BCUT2D eigenvalue weighted by Gasteiger charge is 2.21. The van der Waals surface area contributed by atoms with Crippen molar-refractivity contribution in [3.05, 3.63) is 35.2 Å².